The predicted octanol–water partition coefficient (Wildman–Crippen LogP) is 2.33. The minimum Gasteiger partial charge on any atom is -0.379 e. The normalized spacial score (nSPS) is 30.3. The maximum absolute atomic E-state index is 5.72. The third-order valence-electron chi connectivity index (χ3n) is 6.58. The SMILES string of the molecule is CN=C(NCC(C(C)C)N1CCOCC1)NC1CC(C)(OC)C1(C)C.I. The maximum Gasteiger partial charge on any atom is 0.191 e. The number of methoxy groups -OCH3 is 1. The van der Waals surface area contributed by atoms with Gasteiger partial charge in [-0.2, -0.15) is 0 Å². The van der Waals surface area contributed by atoms with Crippen molar-refractivity contribution in [3.05, 3.63) is 0 Å². The lowest BCUT2D eigenvalue weighted by atomic mass is 9.56. The molecule has 6 nitrogen and oxygen atoms in total. The smallest absolute Gasteiger partial charge is 0.191 e. The highest BCUT2D eigenvalue weighted by Gasteiger charge is 2.58. The van der Waals surface area contributed by atoms with Crippen molar-refractivity contribution >= 4 is 29.9 Å². The second-order valence-electron chi connectivity index (χ2n) is 8.47. The van der Waals surface area contributed by atoms with Crippen LogP contribution in [0.5, 0.6) is 0 Å². The van der Waals surface area contributed by atoms with Gasteiger partial charge in [0, 0.05) is 51.3 Å². The summed E-state index contributed by atoms with van der Waals surface area (Å²) in [5.41, 5.74) is -0.00118. The molecule has 7 heteroatoms. The van der Waals surface area contributed by atoms with Crippen LogP contribution in [0.3, 0.4) is 0 Å². The third kappa shape index (κ3) is 5.02. The van der Waals surface area contributed by atoms with Crippen LogP contribution in [0.4, 0.5) is 0 Å². The zero-order valence-electron chi connectivity index (χ0n) is 17.6. The zero-order chi connectivity index (χ0) is 18.7. The number of nitrogens with zero attached hydrogens (tertiary/aromatic N) is 2. The molecule has 154 valence electrons. The summed E-state index contributed by atoms with van der Waals surface area (Å²) in [5.74, 6) is 1.47. The third-order valence-corrected chi connectivity index (χ3v) is 6.58. The summed E-state index contributed by atoms with van der Waals surface area (Å²) in [6, 6.07) is 0.852. The molecule has 0 aromatic rings. The molecule has 2 aliphatic rings. The fourth-order valence-electron chi connectivity index (χ4n) is 3.98. The first-order valence-electron chi connectivity index (χ1n) is 9.59. The molecule has 1 saturated carbocycles. The van der Waals surface area contributed by atoms with Crippen molar-refractivity contribution in [2.75, 3.05) is 47.0 Å². The number of nitrogens with one attached hydrogen (secondary N) is 2. The van der Waals surface area contributed by atoms with Gasteiger partial charge in [-0.05, 0) is 19.3 Å². The Morgan fingerprint density at radius 2 is 1.88 bits per heavy atom. The Bertz CT molecular complexity index is 466. The molecule has 3 atom stereocenters. The van der Waals surface area contributed by atoms with Crippen molar-refractivity contribution in [1.82, 2.24) is 15.5 Å². The van der Waals surface area contributed by atoms with E-state index in [1.165, 1.54) is 0 Å². The number of hydrogen-bond acceptors (Lipinski definition) is 4. The molecule has 1 heterocycles. The molecule has 2 rings (SSSR count). The van der Waals surface area contributed by atoms with E-state index in [1.54, 1.807) is 7.11 Å². The van der Waals surface area contributed by atoms with Crippen molar-refractivity contribution in [2.24, 2.45) is 16.3 Å². The molecular weight excluding hydrogens is 443 g/mol. The first-order chi connectivity index (χ1) is 11.7. The topological polar surface area (TPSA) is 58.1 Å². The number of guanidine groups is 1. The van der Waals surface area contributed by atoms with Crippen molar-refractivity contribution in [3.8, 4) is 0 Å². The van der Waals surface area contributed by atoms with Crippen LogP contribution in [0.25, 0.3) is 0 Å². The molecule has 0 amide bonds. The molecule has 26 heavy (non-hydrogen) atoms. The van der Waals surface area contributed by atoms with Crippen LogP contribution < -0.4 is 10.6 Å². The Hall–Kier alpha value is -0.120. The molecule has 0 bridgehead atoms. The zero-order valence-corrected chi connectivity index (χ0v) is 19.9. The van der Waals surface area contributed by atoms with Gasteiger partial charge in [-0.1, -0.05) is 27.7 Å². The maximum atomic E-state index is 5.72. The number of aliphatic imine (C=N–C) groups is 1. The van der Waals surface area contributed by atoms with E-state index in [0.29, 0.717) is 18.0 Å². The highest BCUT2D eigenvalue weighted by Crippen LogP contribution is 2.51. The summed E-state index contributed by atoms with van der Waals surface area (Å²) < 4.78 is 11.2. The molecule has 3 unspecified atom stereocenters. The summed E-state index contributed by atoms with van der Waals surface area (Å²) in [5, 5.41) is 7.14. The Morgan fingerprint density at radius 1 is 1.27 bits per heavy atom. The first kappa shape index (κ1) is 23.9. The van der Waals surface area contributed by atoms with Gasteiger partial charge in [-0.25, -0.2) is 0 Å². The number of hydrogen-bond donors (Lipinski definition) is 2. The average Bonchev–Trinajstić information content (AvgIpc) is 2.60. The number of halogens is 1. The number of rotatable bonds is 6. The standard InChI is InChI=1S/C19H38N4O2.HI/c1-14(2)15(23-8-10-25-11-9-23)13-21-17(20-6)22-16-12-19(5,24-7)18(16,3)4;/h14-16H,8-13H2,1-7H3,(H2,20,21,22);1H. The van der Waals surface area contributed by atoms with Gasteiger partial charge in [0.05, 0.1) is 18.8 Å². The molecular formula is C19H39IN4O2. The minimum absolute atomic E-state index is 0. The van der Waals surface area contributed by atoms with Gasteiger partial charge in [-0.15, -0.1) is 24.0 Å². The number of morpholine rings is 1. The molecule has 0 radical (unpaired) electrons. The van der Waals surface area contributed by atoms with Crippen LogP contribution in [0.1, 0.15) is 41.0 Å². The van der Waals surface area contributed by atoms with E-state index in [9.17, 15) is 0 Å². The molecule has 1 aliphatic carbocycles. The average molecular weight is 482 g/mol. The van der Waals surface area contributed by atoms with E-state index in [-0.39, 0.29) is 35.0 Å². The Balaban J connectivity index is 0.00000338. The lowest BCUT2D eigenvalue weighted by Crippen LogP contribution is -2.69. The molecule has 0 spiro atoms. The fraction of sp³-hybridized carbons (Fsp3) is 0.947. The van der Waals surface area contributed by atoms with E-state index >= 15 is 0 Å². The van der Waals surface area contributed by atoms with E-state index < -0.39 is 0 Å². The van der Waals surface area contributed by atoms with Crippen LogP contribution >= 0.6 is 24.0 Å². The van der Waals surface area contributed by atoms with Gasteiger partial charge in [-0.3, -0.25) is 9.89 Å². The minimum atomic E-state index is -0.0716. The van der Waals surface area contributed by atoms with Crippen molar-refractivity contribution in [2.45, 2.75) is 58.7 Å². The van der Waals surface area contributed by atoms with Crippen LogP contribution in [0.2, 0.25) is 0 Å². The lowest BCUT2D eigenvalue weighted by Gasteiger charge is -2.59. The molecule has 0 aromatic heterocycles. The first-order valence-corrected chi connectivity index (χ1v) is 9.59. The van der Waals surface area contributed by atoms with Gasteiger partial charge < -0.3 is 20.1 Å². The Morgan fingerprint density at radius 3 is 2.35 bits per heavy atom. The number of ether oxygens (including phenoxy) is 2. The summed E-state index contributed by atoms with van der Waals surface area (Å²) in [6.07, 6.45) is 0.994. The largest absolute Gasteiger partial charge is 0.379 e. The monoisotopic (exact) mass is 482 g/mol. The Labute approximate surface area is 176 Å². The van der Waals surface area contributed by atoms with E-state index in [2.05, 4.69) is 55.1 Å². The second kappa shape index (κ2) is 9.89. The van der Waals surface area contributed by atoms with E-state index in [4.69, 9.17) is 9.47 Å². The van der Waals surface area contributed by atoms with Crippen LogP contribution in [0.15, 0.2) is 4.99 Å². The molecule has 2 fully saturated rings. The van der Waals surface area contributed by atoms with E-state index in [1.807, 2.05) is 7.05 Å². The van der Waals surface area contributed by atoms with Crippen LogP contribution in [0, 0.1) is 11.3 Å². The Kier molecular flexibility index (Phi) is 9.10. The van der Waals surface area contributed by atoms with Gasteiger partial charge in [0.25, 0.3) is 0 Å². The van der Waals surface area contributed by atoms with Crippen molar-refractivity contribution in [3.63, 3.8) is 0 Å². The van der Waals surface area contributed by atoms with Crippen LogP contribution in [-0.2, 0) is 9.47 Å². The highest BCUT2D eigenvalue weighted by atomic mass is 127. The predicted molar refractivity (Wildman–Crippen MR) is 119 cm³/mol. The summed E-state index contributed by atoms with van der Waals surface area (Å²) in [7, 11) is 3.65. The molecule has 1 aliphatic heterocycles. The van der Waals surface area contributed by atoms with Gasteiger partial charge in [0.2, 0.25) is 0 Å². The molecule has 1 saturated heterocycles. The fourth-order valence-corrected chi connectivity index (χ4v) is 3.98. The quantitative estimate of drug-likeness (QED) is 0.346. The summed E-state index contributed by atoms with van der Waals surface area (Å²) in [6.45, 7) is 15.9. The van der Waals surface area contributed by atoms with Crippen molar-refractivity contribution < 1.29 is 9.47 Å². The summed E-state index contributed by atoms with van der Waals surface area (Å²) >= 11 is 0. The molecule has 2 N–H and O–H groups in total. The van der Waals surface area contributed by atoms with Gasteiger partial charge in [0.15, 0.2) is 5.96 Å². The van der Waals surface area contributed by atoms with Gasteiger partial charge in [0.1, 0.15) is 0 Å². The van der Waals surface area contributed by atoms with Gasteiger partial charge >= 0.3 is 0 Å². The molecule has 0 aromatic carbocycles. The summed E-state index contributed by atoms with van der Waals surface area (Å²) in [4.78, 5) is 6.97. The lowest BCUT2D eigenvalue weighted by molar-refractivity contribution is -0.176. The highest BCUT2D eigenvalue weighted by molar-refractivity contribution is 14.0. The van der Waals surface area contributed by atoms with E-state index in [0.717, 1.165) is 45.2 Å². The van der Waals surface area contributed by atoms with Crippen LogP contribution in [-0.4, -0.2) is 75.5 Å². The van der Waals surface area contributed by atoms with Crippen molar-refractivity contribution in [1.29, 1.82) is 0 Å². The second-order valence-corrected chi connectivity index (χ2v) is 8.47.